The van der Waals surface area contributed by atoms with Gasteiger partial charge in [0.15, 0.2) is 9.50 Å². The first-order valence-corrected chi connectivity index (χ1v) is 11.8. The summed E-state index contributed by atoms with van der Waals surface area (Å²) in [6, 6.07) is 18.4. The summed E-state index contributed by atoms with van der Waals surface area (Å²) in [6.07, 6.45) is 0.318. The molecule has 0 radical (unpaired) electrons. The summed E-state index contributed by atoms with van der Waals surface area (Å²) in [4.78, 5) is 15.7. The third-order valence-corrected chi connectivity index (χ3v) is 7.30. The Labute approximate surface area is 180 Å². The quantitative estimate of drug-likeness (QED) is 0.392. The zero-order valence-electron chi connectivity index (χ0n) is 15.5. The number of nitrogens with two attached hydrogens (primary N) is 1. The van der Waals surface area contributed by atoms with E-state index in [0.29, 0.717) is 24.5 Å². The van der Waals surface area contributed by atoms with Crippen molar-refractivity contribution in [2.24, 2.45) is 5.73 Å². The Kier molecular flexibility index (Phi) is 6.48. The van der Waals surface area contributed by atoms with Crippen molar-refractivity contribution in [1.82, 2.24) is 19.7 Å². The maximum Gasteiger partial charge on any atom is 0.218 e. The first-order valence-electron chi connectivity index (χ1n) is 9.04. The fraction of sp³-hybridized carbons (Fsp3) is 0.200. The number of aromatic nitrogens is 4. The molecule has 0 saturated heterocycles. The van der Waals surface area contributed by atoms with Crippen LogP contribution in [0.5, 0.6) is 0 Å². The molecule has 0 aliphatic rings. The monoisotopic (exact) mass is 441 g/mol. The number of thioether (sulfide) groups is 2. The highest BCUT2D eigenvalue weighted by Crippen LogP contribution is 2.32. The summed E-state index contributed by atoms with van der Waals surface area (Å²) in [5.41, 5.74) is 7.46. The van der Waals surface area contributed by atoms with Crippen molar-refractivity contribution in [3.05, 3.63) is 66.0 Å². The molecule has 148 valence electrons. The number of carbonyl (C=O) groups is 1. The van der Waals surface area contributed by atoms with Gasteiger partial charge in [-0.1, -0.05) is 66.0 Å². The second-order valence-corrected chi connectivity index (χ2v) is 9.59. The largest absolute Gasteiger partial charge is 0.370 e. The minimum absolute atomic E-state index is 0.307. The molecule has 2 N–H and O–H groups in total. The van der Waals surface area contributed by atoms with Crippen molar-refractivity contribution >= 4 is 51.0 Å². The Balaban J connectivity index is 1.52. The molecule has 4 aromatic rings. The first-order chi connectivity index (χ1) is 14.2. The summed E-state index contributed by atoms with van der Waals surface area (Å²) in [7, 11) is 0. The van der Waals surface area contributed by atoms with Gasteiger partial charge in [-0.05, 0) is 17.7 Å². The molecule has 0 bridgehead atoms. The molecule has 1 amide bonds. The van der Waals surface area contributed by atoms with Gasteiger partial charge in [0.05, 0.1) is 22.5 Å². The molecule has 0 spiro atoms. The number of carbonyl (C=O) groups excluding carboxylic acids is 1. The number of para-hydroxylation sites is 1. The minimum Gasteiger partial charge on any atom is -0.370 e. The lowest BCUT2D eigenvalue weighted by molar-refractivity contribution is -0.117. The maximum atomic E-state index is 11.1. The van der Waals surface area contributed by atoms with Gasteiger partial charge in [0.25, 0.3) is 0 Å². The van der Waals surface area contributed by atoms with Gasteiger partial charge >= 0.3 is 0 Å². The van der Waals surface area contributed by atoms with Gasteiger partial charge in [-0.3, -0.25) is 4.79 Å². The number of benzene rings is 2. The van der Waals surface area contributed by atoms with Crippen LogP contribution in [0.2, 0.25) is 0 Å². The molecule has 0 atom stereocenters. The second kappa shape index (κ2) is 9.43. The molecule has 0 fully saturated rings. The summed E-state index contributed by atoms with van der Waals surface area (Å²) in [6.45, 7) is 0.683. The number of amides is 1. The third kappa shape index (κ3) is 5.17. The SMILES string of the molecule is NC(=O)CCSc1nnc(CSc2nc3ccccc3s2)n1Cc1ccccc1. The lowest BCUT2D eigenvalue weighted by atomic mass is 10.2. The van der Waals surface area contributed by atoms with Crippen LogP contribution in [0, 0.1) is 0 Å². The van der Waals surface area contributed by atoms with E-state index in [1.165, 1.54) is 22.0 Å². The van der Waals surface area contributed by atoms with Gasteiger partial charge in [0, 0.05) is 12.2 Å². The van der Waals surface area contributed by atoms with E-state index < -0.39 is 0 Å². The minimum atomic E-state index is -0.307. The zero-order chi connectivity index (χ0) is 20.1. The van der Waals surface area contributed by atoms with Crippen LogP contribution in [-0.4, -0.2) is 31.4 Å². The summed E-state index contributed by atoms with van der Waals surface area (Å²) >= 11 is 4.86. The van der Waals surface area contributed by atoms with Crippen molar-refractivity contribution in [2.45, 2.75) is 28.2 Å². The molecule has 0 unspecified atom stereocenters. The number of hydrogen-bond donors (Lipinski definition) is 1. The zero-order valence-corrected chi connectivity index (χ0v) is 18.0. The average Bonchev–Trinajstić information content (AvgIpc) is 3.31. The van der Waals surface area contributed by atoms with Gasteiger partial charge in [-0.2, -0.15) is 0 Å². The van der Waals surface area contributed by atoms with Gasteiger partial charge in [0.2, 0.25) is 5.91 Å². The van der Waals surface area contributed by atoms with Crippen LogP contribution in [0.15, 0.2) is 64.1 Å². The van der Waals surface area contributed by atoms with Crippen LogP contribution in [0.3, 0.4) is 0 Å². The highest BCUT2D eigenvalue weighted by molar-refractivity contribution is 8.00. The number of hydrogen-bond acceptors (Lipinski definition) is 7. The maximum absolute atomic E-state index is 11.1. The average molecular weight is 442 g/mol. The fourth-order valence-corrected chi connectivity index (χ4v) is 5.66. The van der Waals surface area contributed by atoms with E-state index in [1.807, 2.05) is 36.4 Å². The summed E-state index contributed by atoms with van der Waals surface area (Å²) in [5, 5.41) is 9.57. The molecular formula is C20H19N5OS3. The predicted molar refractivity (Wildman–Crippen MR) is 119 cm³/mol. The van der Waals surface area contributed by atoms with E-state index in [0.717, 1.165) is 20.8 Å². The van der Waals surface area contributed by atoms with Crippen LogP contribution in [0.1, 0.15) is 17.8 Å². The fourth-order valence-electron chi connectivity index (χ4n) is 2.74. The lowest BCUT2D eigenvalue weighted by Gasteiger charge is -2.09. The predicted octanol–water partition coefficient (Wildman–Crippen LogP) is 4.20. The van der Waals surface area contributed by atoms with Crippen molar-refractivity contribution in [3.63, 3.8) is 0 Å². The first kappa shape index (κ1) is 19.9. The third-order valence-electron chi connectivity index (χ3n) is 4.16. The number of fused-ring (bicyclic) bond motifs is 1. The Hall–Kier alpha value is -2.36. The number of nitrogens with zero attached hydrogens (tertiary/aromatic N) is 4. The molecule has 9 heteroatoms. The molecule has 29 heavy (non-hydrogen) atoms. The molecule has 2 heterocycles. The molecule has 2 aromatic heterocycles. The second-order valence-electron chi connectivity index (χ2n) is 6.27. The van der Waals surface area contributed by atoms with Gasteiger partial charge in [0.1, 0.15) is 5.82 Å². The van der Waals surface area contributed by atoms with Gasteiger partial charge < -0.3 is 10.3 Å². The standard InChI is InChI=1S/C20H19N5OS3/c21-17(26)10-11-27-19-24-23-18(25(19)12-14-6-2-1-3-7-14)13-28-20-22-15-8-4-5-9-16(15)29-20/h1-9H,10-13H2,(H2,21,26). The van der Waals surface area contributed by atoms with E-state index >= 15 is 0 Å². The van der Waals surface area contributed by atoms with Crippen LogP contribution >= 0.6 is 34.9 Å². The topological polar surface area (TPSA) is 86.7 Å². The number of rotatable bonds is 9. The van der Waals surface area contributed by atoms with Crippen LogP contribution in [0.25, 0.3) is 10.2 Å². The molecule has 2 aromatic carbocycles. The van der Waals surface area contributed by atoms with Crippen LogP contribution in [-0.2, 0) is 17.1 Å². The van der Waals surface area contributed by atoms with Gasteiger partial charge in [-0.25, -0.2) is 4.98 Å². The number of primary amides is 1. The van der Waals surface area contributed by atoms with E-state index in [4.69, 9.17) is 5.73 Å². The highest BCUT2D eigenvalue weighted by Gasteiger charge is 2.15. The number of thiazole rings is 1. The normalized spacial score (nSPS) is 11.2. The van der Waals surface area contributed by atoms with E-state index in [-0.39, 0.29) is 5.91 Å². The molecule has 4 rings (SSSR count). The van der Waals surface area contributed by atoms with Crippen molar-refractivity contribution in [3.8, 4) is 0 Å². The Morgan fingerprint density at radius 1 is 1.03 bits per heavy atom. The Morgan fingerprint density at radius 3 is 2.62 bits per heavy atom. The molecule has 0 aliphatic carbocycles. The van der Waals surface area contributed by atoms with Crippen LogP contribution < -0.4 is 5.73 Å². The Morgan fingerprint density at radius 2 is 1.83 bits per heavy atom. The van der Waals surface area contributed by atoms with E-state index in [2.05, 4.69) is 37.9 Å². The van der Waals surface area contributed by atoms with Crippen LogP contribution in [0.4, 0.5) is 0 Å². The Bertz CT molecular complexity index is 1080. The van der Waals surface area contributed by atoms with Gasteiger partial charge in [-0.15, -0.1) is 21.5 Å². The highest BCUT2D eigenvalue weighted by atomic mass is 32.2. The van der Waals surface area contributed by atoms with Crippen molar-refractivity contribution in [1.29, 1.82) is 0 Å². The molecule has 0 aliphatic heterocycles. The van der Waals surface area contributed by atoms with E-state index in [1.54, 1.807) is 23.1 Å². The summed E-state index contributed by atoms with van der Waals surface area (Å²) < 4.78 is 4.31. The molecule has 6 nitrogen and oxygen atoms in total. The summed E-state index contributed by atoms with van der Waals surface area (Å²) in [5.74, 6) is 1.85. The van der Waals surface area contributed by atoms with Crippen molar-refractivity contribution in [2.75, 3.05) is 5.75 Å². The smallest absolute Gasteiger partial charge is 0.218 e. The van der Waals surface area contributed by atoms with E-state index in [9.17, 15) is 4.79 Å². The van der Waals surface area contributed by atoms with Crippen molar-refractivity contribution < 1.29 is 4.79 Å². The molecular weight excluding hydrogens is 422 g/mol. The lowest BCUT2D eigenvalue weighted by Crippen LogP contribution is -2.11. The molecule has 0 saturated carbocycles.